The Hall–Kier alpha value is -3.57. The number of aromatic carboxylic acids is 1. The number of benzene rings is 3. The third-order valence-corrected chi connectivity index (χ3v) is 5.69. The van der Waals surface area contributed by atoms with Crippen LogP contribution in [0.2, 0.25) is 5.02 Å². The monoisotopic (exact) mass is 433 g/mol. The average Bonchev–Trinajstić information content (AvgIpc) is 3.10. The van der Waals surface area contributed by atoms with E-state index in [2.05, 4.69) is 29.6 Å². The first-order chi connectivity index (χ1) is 15.1. The SMILES string of the molecule is O=C(NCC=Cc1cccc(C(=O)O)c1Cl)OCC1c2ccccc2-c2ccccc21. The average molecular weight is 434 g/mol. The number of rotatable bonds is 6. The number of hydrogen-bond acceptors (Lipinski definition) is 3. The van der Waals surface area contributed by atoms with E-state index in [-0.39, 0.29) is 29.7 Å². The summed E-state index contributed by atoms with van der Waals surface area (Å²) in [5.41, 5.74) is 5.27. The fourth-order valence-electron chi connectivity index (χ4n) is 3.82. The number of halogens is 1. The van der Waals surface area contributed by atoms with Crippen molar-refractivity contribution in [2.24, 2.45) is 0 Å². The highest BCUT2D eigenvalue weighted by molar-refractivity contribution is 6.35. The van der Waals surface area contributed by atoms with E-state index in [0.717, 1.165) is 11.1 Å². The molecule has 0 saturated heterocycles. The highest BCUT2D eigenvalue weighted by Gasteiger charge is 2.28. The molecule has 0 unspecified atom stereocenters. The Kier molecular flexibility index (Phi) is 6.05. The number of carboxylic acid groups (broad SMARTS) is 1. The molecule has 3 aromatic carbocycles. The Morgan fingerprint density at radius 2 is 1.61 bits per heavy atom. The van der Waals surface area contributed by atoms with Gasteiger partial charge in [0.1, 0.15) is 6.61 Å². The van der Waals surface area contributed by atoms with E-state index in [4.69, 9.17) is 21.4 Å². The van der Waals surface area contributed by atoms with Gasteiger partial charge in [-0.15, -0.1) is 0 Å². The molecule has 5 nitrogen and oxygen atoms in total. The standard InChI is InChI=1S/C25H20ClNO4/c26-23-16(7-5-13-21(23)24(28)29)8-6-14-27-25(30)31-15-22-19-11-3-1-9-17(19)18-10-2-4-12-20(18)22/h1-13,22H,14-15H2,(H,27,30)(H,28,29). The van der Waals surface area contributed by atoms with Gasteiger partial charge < -0.3 is 15.2 Å². The molecule has 1 aliphatic carbocycles. The van der Waals surface area contributed by atoms with Gasteiger partial charge in [-0.2, -0.15) is 0 Å². The van der Waals surface area contributed by atoms with Gasteiger partial charge in [-0.05, 0) is 33.9 Å². The van der Waals surface area contributed by atoms with Crippen molar-refractivity contribution in [2.75, 3.05) is 13.2 Å². The van der Waals surface area contributed by atoms with E-state index in [0.29, 0.717) is 5.56 Å². The van der Waals surface area contributed by atoms with Crippen molar-refractivity contribution in [3.05, 3.63) is 100 Å². The Labute approximate surface area is 184 Å². The van der Waals surface area contributed by atoms with Crippen LogP contribution in [0.15, 0.2) is 72.8 Å². The van der Waals surface area contributed by atoms with Crippen LogP contribution in [0.4, 0.5) is 4.79 Å². The van der Waals surface area contributed by atoms with E-state index in [1.807, 2.05) is 24.3 Å². The van der Waals surface area contributed by atoms with E-state index in [9.17, 15) is 9.59 Å². The number of ether oxygens (including phenoxy) is 1. The zero-order valence-corrected chi connectivity index (χ0v) is 17.3. The molecule has 0 fully saturated rings. The van der Waals surface area contributed by atoms with Gasteiger partial charge in [0.15, 0.2) is 0 Å². The number of hydrogen-bond donors (Lipinski definition) is 2. The molecule has 1 aliphatic rings. The summed E-state index contributed by atoms with van der Waals surface area (Å²) in [7, 11) is 0. The van der Waals surface area contributed by atoms with Crippen molar-refractivity contribution in [3.8, 4) is 11.1 Å². The van der Waals surface area contributed by atoms with Gasteiger partial charge in [-0.25, -0.2) is 9.59 Å². The molecule has 4 rings (SSSR count). The van der Waals surface area contributed by atoms with Gasteiger partial charge in [0.2, 0.25) is 0 Å². The maximum Gasteiger partial charge on any atom is 0.407 e. The molecular formula is C25H20ClNO4. The van der Waals surface area contributed by atoms with Crippen LogP contribution in [0.5, 0.6) is 0 Å². The second kappa shape index (κ2) is 9.06. The number of carboxylic acids is 1. The molecule has 0 heterocycles. The predicted molar refractivity (Wildman–Crippen MR) is 121 cm³/mol. The molecule has 3 aromatic rings. The van der Waals surface area contributed by atoms with Crippen LogP contribution in [0, 0.1) is 0 Å². The van der Waals surface area contributed by atoms with Gasteiger partial charge in [0.05, 0.1) is 10.6 Å². The maximum atomic E-state index is 12.2. The number of carbonyl (C=O) groups excluding carboxylic acids is 1. The summed E-state index contributed by atoms with van der Waals surface area (Å²) in [5.74, 6) is -1.08. The normalized spacial score (nSPS) is 12.4. The summed E-state index contributed by atoms with van der Waals surface area (Å²) in [4.78, 5) is 23.3. The Bertz CT molecular complexity index is 1130. The van der Waals surface area contributed by atoms with Gasteiger partial charge in [-0.3, -0.25) is 0 Å². The van der Waals surface area contributed by atoms with Crippen LogP contribution < -0.4 is 5.32 Å². The lowest BCUT2D eigenvalue weighted by Crippen LogP contribution is -2.26. The predicted octanol–water partition coefficient (Wildman–Crippen LogP) is 5.59. The second-order valence-electron chi connectivity index (χ2n) is 7.12. The van der Waals surface area contributed by atoms with Crippen LogP contribution in [0.3, 0.4) is 0 Å². The van der Waals surface area contributed by atoms with Gasteiger partial charge in [0.25, 0.3) is 0 Å². The molecule has 6 heteroatoms. The third-order valence-electron chi connectivity index (χ3n) is 5.26. The molecule has 1 amide bonds. The molecule has 2 N–H and O–H groups in total. The number of amides is 1. The van der Waals surface area contributed by atoms with E-state index < -0.39 is 12.1 Å². The maximum absolute atomic E-state index is 12.2. The van der Waals surface area contributed by atoms with Crippen molar-refractivity contribution in [1.82, 2.24) is 5.32 Å². The summed E-state index contributed by atoms with van der Waals surface area (Å²) in [6, 6.07) is 21.1. The van der Waals surface area contributed by atoms with Gasteiger partial charge in [0, 0.05) is 12.5 Å². The molecule has 0 atom stereocenters. The lowest BCUT2D eigenvalue weighted by molar-refractivity contribution is 0.0697. The van der Waals surface area contributed by atoms with Crippen molar-refractivity contribution >= 4 is 29.7 Å². The first-order valence-electron chi connectivity index (χ1n) is 9.83. The molecule has 0 aliphatic heterocycles. The van der Waals surface area contributed by atoms with Crippen molar-refractivity contribution < 1.29 is 19.4 Å². The summed E-state index contributed by atoms with van der Waals surface area (Å²) < 4.78 is 5.48. The molecule has 0 spiro atoms. The number of carbonyl (C=O) groups is 2. The van der Waals surface area contributed by atoms with Crippen molar-refractivity contribution in [1.29, 1.82) is 0 Å². The van der Waals surface area contributed by atoms with Crippen molar-refractivity contribution in [3.63, 3.8) is 0 Å². The zero-order valence-electron chi connectivity index (χ0n) is 16.5. The largest absolute Gasteiger partial charge is 0.478 e. The summed E-state index contributed by atoms with van der Waals surface area (Å²) in [5, 5.41) is 12.0. The highest BCUT2D eigenvalue weighted by Crippen LogP contribution is 2.44. The summed E-state index contributed by atoms with van der Waals surface area (Å²) >= 11 is 6.11. The fourth-order valence-corrected chi connectivity index (χ4v) is 4.09. The smallest absolute Gasteiger partial charge is 0.407 e. The van der Waals surface area contributed by atoms with Gasteiger partial charge in [-0.1, -0.05) is 84.4 Å². The van der Waals surface area contributed by atoms with Crippen LogP contribution >= 0.6 is 11.6 Å². The van der Waals surface area contributed by atoms with Crippen LogP contribution in [0.25, 0.3) is 17.2 Å². The summed E-state index contributed by atoms with van der Waals surface area (Å²) in [6.07, 6.45) is 2.84. The van der Waals surface area contributed by atoms with E-state index >= 15 is 0 Å². The Morgan fingerprint density at radius 1 is 0.968 bits per heavy atom. The van der Waals surface area contributed by atoms with Crippen LogP contribution in [0.1, 0.15) is 33.0 Å². The first kappa shape index (κ1) is 20.7. The van der Waals surface area contributed by atoms with Gasteiger partial charge >= 0.3 is 12.1 Å². The minimum Gasteiger partial charge on any atom is -0.478 e. The third kappa shape index (κ3) is 4.32. The fraction of sp³-hybridized carbons (Fsp3) is 0.120. The first-order valence-corrected chi connectivity index (χ1v) is 10.2. The van der Waals surface area contributed by atoms with E-state index in [1.165, 1.54) is 17.2 Å². The van der Waals surface area contributed by atoms with Crippen LogP contribution in [-0.2, 0) is 4.74 Å². The van der Waals surface area contributed by atoms with Crippen molar-refractivity contribution in [2.45, 2.75) is 5.92 Å². The lowest BCUT2D eigenvalue weighted by Gasteiger charge is -2.14. The molecule has 0 saturated carbocycles. The minimum absolute atomic E-state index is 0.00579. The minimum atomic E-state index is -1.09. The van der Waals surface area contributed by atoms with Crippen LogP contribution in [-0.4, -0.2) is 30.3 Å². The molecule has 0 bridgehead atoms. The number of fused-ring (bicyclic) bond motifs is 3. The topological polar surface area (TPSA) is 75.6 Å². The molecular weight excluding hydrogens is 414 g/mol. The molecule has 0 radical (unpaired) electrons. The zero-order chi connectivity index (χ0) is 21.8. The molecule has 0 aromatic heterocycles. The molecule has 31 heavy (non-hydrogen) atoms. The Morgan fingerprint density at radius 3 is 2.26 bits per heavy atom. The summed E-state index contributed by atoms with van der Waals surface area (Å²) in [6.45, 7) is 0.473. The number of nitrogens with one attached hydrogen (secondary N) is 1. The Balaban J connectivity index is 1.34. The quantitative estimate of drug-likeness (QED) is 0.531. The lowest BCUT2D eigenvalue weighted by atomic mass is 9.98. The number of alkyl carbamates (subject to hydrolysis) is 1. The molecule has 156 valence electrons. The highest BCUT2D eigenvalue weighted by atomic mass is 35.5. The van der Waals surface area contributed by atoms with E-state index in [1.54, 1.807) is 24.3 Å². The second-order valence-corrected chi connectivity index (χ2v) is 7.50.